The number of rotatable bonds is 7. The van der Waals surface area contributed by atoms with Crippen LogP contribution in [0.1, 0.15) is 40.3 Å². The molecule has 1 fully saturated rings. The van der Waals surface area contributed by atoms with E-state index in [-0.39, 0.29) is 5.91 Å². The van der Waals surface area contributed by atoms with Crippen molar-refractivity contribution in [2.75, 3.05) is 18.8 Å². The van der Waals surface area contributed by atoms with Gasteiger partial charge in [-0.15, -0.1) is 0 Å². The molecule has 0 radical (unpaired) electrons. The molecule has 0 aliphatic heterocycles. The normalized spacial score (nSPS) is 13.6. The number of anilines is 1. The number of imidazole rings is 1. The second-order valence-electron chi connectivity index (χ2n) is 8.75. The van der Waals surface area contributed by atoms with Crippen molar-refractivity contribution in [3.63, 3.8) is 0 Å². The predicted molar refractivity (Wildman–Crippen MR) is 130 cm³/mol. The van der Waals surface area contributed by atoms with Gasteiger partial charge in [-0.3, -0.25) is 4.79 Å². The van der Waals surface area contributed by atoms with Crippen molar-refractivity contribution in [1.82, 2.24) is 19.9 Å². The van der Waals surface area contributed by atoms with Gasteiger partial charge in [-0.2, -0.15) is 0 Å². The first kappa shape index (κ1) is 20.7. The van der Waals surface area contributed by atoms with E-state index in [2.05, 4.69) is 35.1 Å². The van der Waals surface area contributed by atoms with Crippen LogP contribution in [0.3, 0.4) is 0 Å². The van der Waals surface area contributed by atoms with Crippen LogP contribution < -0.4 is 5.73 Å². The summed E-state index contributed by atoms with van der Waals surface area (Å²) in [6.07, 6.45) is 3.03. The van der Waals surface area contributed by atoms with Crippen molar-refractivity contribution in [1.29, 1.82) is 0 Å². The quantitative estimate of drug-likeness (QED) is 0.420. The lowest BCUT2D eigenvalue weighted by molar-refractivity contribution is 0.0744. The fourth-order valence-corrected chi connectivity index (χ4v) is 4.86. The van der Waals surface area contributed by atoms with Gasteiger partial charge in [-0.1, -0.05) is 47.2 Å². The molecule has 0 spiro atoms. The molecule has 1 saturated carbocycles. The van der Waals surface area contributed by atoms with E-state index in [9.17, 15) is 4.79 Å². The van der Waals surface area contributed by atoms with Crippen LogP contribution in [-0.2, 0) is 6.42 Å². The summed E-state index contributed by atoms with van der Waals surface area (Å²) in [6.45, 7) is 5.46. The third-order valence-corrected chi connectivity index (χ3v) is 6.83. The molecule has 6 nitrogen and oxygen atoms in total. The van der Waals surface area contributed by atoms with Gasteiger partial charge in [0.25, 0.3) is 5.91 Å². The van der Waals surface area contributed by atoms with Gasteiger partial charge in [-0.25, -0.2) is 9.97 Å². The largest absolute Gasteiger partial charge is 0.375 e. The fourth-order valence-electron chi connectivity index (χ4n) is 4.04. The van der Waals surface area contributed by atoms with Crippen molar-refractivity contribution in [2.24, 2.45) is 5.92 Å². The fraction of sp³-hybridized carbons (Fsp3) is 0.320. The minimum Gasteiger partial charge on any atom is -0.375 e. The lowest BCUT2D eigenvalue weighted by Crippen LogP contribution is -2.35. The van der Waals surface area contributed by atoms with Crippen LogP contribution in [0.2, 0.25) is 0 Å². The van der Waals surface area contributed by atoms with Crippen LogP contribution in [0.5, 0.6) is 0 Å². The Hall–Kier alpha value is -3.19. The number of nitrogens with one attached hydrogen (secondary N) is 1. The number of H-pyrrole nitrogens is 1. The van der Waals surface area contributed by atoms with Gasteiger partial charge >= 0.3 is 0 Å². The molecule has 32 heavy (non-hydrogen) atoms. The molecular formula is C25H27N5OS. The van der Waals surface area contributed by atoms with Crippen molar-refractivity contribution in [3.05, 3.63) is 65.1 Å². The van der Waals surface area contributed by atoms with Crippen LogP contribution in [-0.4, -0.2) is 38.8 Å². The maximum Gasteiger partial charge on any atom is 0.274 e. The van der Waals surface area contributed by atoms with Crippen molar-refractivity contribution >= 4 is 33.4 Å². The first-order valence-corrected chi connectivity index (χ1v) is 11.9. The van der Waals surface area contributed by atoms with E-state index in [1.54, 1.807) is 0 Å². The van der Waals surface area contributed by atoms with E-state index in [1.807, 2.05) is 36.1 Å². The first-order valence-electron chi connectivity index (χ1n) is 11.0. The van der Waals surface area contributed by atoms with Gasteiger partial charge in [0, 0.05) is 19.5 Å². The summed E-state index contributed by atoms with van der Waals surface area (Å²) in [7, 11) is 0. The zero-order valence-corrected chi connectivity index (χ0v) is 19.2. The van der Waals surface area contributed by atoms with Crippen molar-refractivity contribution in [2.45, 2.75) is 33.1 Å². The molecular weight excluding hydrogens is 418 g/mol. The molecule has 2 heterocycles. The molecule has 0 atom stereocenters. The lowest BCUT2D eigenvalue weighted by atomic mass is 10.1. The van der Waals surface area contributed by atoms with E-state index in [0.717, 1.165) is 39.4 Å². The number of aromatic amines is 1. The Bertz CT molecular complexity index is 1290. The van der Waals surface area contributed by atoms with E-state index in [0.29, 0.717) is 29.7 Å². The summed E-state index contributed by atoms with van der Waals surface area (Å²) >= 11 is 1.38. The Balaban J connectivity index is 1.40. The Morgan fingerprint density at radius 2 is 1.97 bits per heavy atom. The number of nitrogens with zero attached hydrogens (tertiary/aromatic N) is 3. The maximum absolute atomic E-state index is 13.6. The maximum atomic E-state index is 13.6. The van der Waals surface area contributed by atoms with Crippen LogP contribution in [0.15, 0.2) is 42.5 Å². The second-order valence-corrected chi connectivity index (χ2v) is 9.78. The minimum absolute atomic E-state index is 0.0479. The van der Waals surface area contributed by atoms with Crippen LogP contribution in [0.4, 0.5) is 5.13 Å². The van der Waals surface area contributed by atoms with E-state index in [1.165, 1.54) is 29.7 Å². The minimum atomic E-state index is -0.0479. The highest BCUT2D eigenvalue weighted by Crippen LogP contribution is 2.35. The molecule has 2 aromatic heterocycles. The number of carbonyl (C=O) groups excluding carboxylic acids is 1. The molecule has 4 aromatic rings. The van der Waals surface area contributed by atoms with Crippen molar-refractivity contribution < 1.29 is 4.79 Å². The summed E-state index contributed by atoms with van der Waals surface area (Å²) in [5.41, 5.74) is 11.8. The molecule has 3 N–H and O–H groups in total. The summed E-state index contributed by atoms with van der Waals surface area (Å²) in [4.78, 5) is 29.0. The monoisotopic (exact) mass is 445 g/mol. The number of hydrogen-bond acceptors (Lipinski definition) is 5. The van der Waals surface area contributed by atoms with Gasteiger partial charge in [-0.05, 0) is 55.9 Å². The lowest BCUT2D eigenvalue weighted by Gasteiger charge is -2.22. The number of benzene rings is 2. The van der Waals surface area contributed by atoms with Crippen LogP contribution >= 0.6 is 11.3 Å². The summed E-state index contributed by atoms with van der Waals surface area (Å²) in [5, 5.41) is 0.420. The summed E-state index contributed by atoms with van der Waals surface area (Å²) in [5.74, 6) is 1.43. The number of amides is 1. The molecule has 1 aliphatic rings. The SMILES string of the molecule is Cc1cccc(-c2sc(N)nc2C(=O)N(CCc2nc3ccc(C)cc3[nH]2)CC2CC2)c1. The van der Waals surface area contributed by atoms with Gasteiger partial charge in [0.1, 0.15) is 11.5 Å². The Morgan fingerprint density at radius 1 is 1.16 bits per heavy atom. The number of nitrogen functional groups attached to an aromatic ring is 1. The van der Waals surface area contributed by atoms with Crippen molar-refractivity contribution in [3.8, 4) is 10.4 Å². The summed E-state index contributed by atoms with van der Waals surface area (Å²) in [6, 6.07) is 14.3. The Labute approximate surface area is 191 Å². The topological polar surface area (TPSA) is 87.9 Å². The van der Waals surface area contributed by atoms with E-state index >= 15 is 0 Å². The molecule has 0 saturated heterocycles. The molecule has 2 aromatic carbocycles. The molecule has 0 unspecified atom stereocenters. The highest BCUT2D eigenvalue weighted by Gasteiger charge is 2.30. The molecule has 1 amide bonds. The van der Waals surface area contributed by atoms with Gasteiger partial charge in [0.15, 0.2) is 5.13 Å². The average molecular weight is 446 g/mol. The molecule has 1 aliphatic carbocycles. The third-order valence-electron chi connectivity index (χ3n) is 5.89. The standard InChI is InChI=1S/C25H27N5OS/c1-15-4-3-5-18(12-15)23-22(29-25(26)32-23)24(31)30(14-17-7-8-17)11-10-21-27-19-9-6-16(2)13-20(19)28-21/h3-6,9,12-13,17H,7-8,10-11,14H2,1-2H3,(H2,26,29)(H,27,28). The number of thiazole rings is 1. The van der Waals surface area contributed by atoms with Gasteiger partial charge < -0.3 is 15.6 Å². The third kappa shape index (κ3) is 4.39. The number of carbonyl (C=O) groups is 1. The van der Waals surface area contributed by atoms with Crippen LogP contribution in [0, 0.1) is 19.8 Å². The number of hydrogen-bond donors (Lipinski definition) is 2. The summed E-state index contributed by atoms with van der Waals surface area (Å²) < 4.78 is 0. The number of aryl methyl sites for hydroxylation is 2. The average Bonchev–Trinajstić information content (AvgIpc) is 3.36. The van der Waals surface area contributed by atoms with Crippen LogP contribution in [0.25, 0.3) is 21.5 Å². The number of aromatic nitrogens is 3. The number of nitrogens with two attached hydrogens (primary N) is 1. The first-order chi connectivity index (χ1) is 15.5. The highest BCUT2D eigenvalue weighted by molar-refractivity contribution is 7.19. The Kier molecular flexibility index (Phi) is 5.43. The second kappa shape index (κ2) is 8.39. The zero-order chi connectivity index (χ0) is 22.2. The predicted octanol–water partition coefficient (Wildman–Crippen LogP) is 4.98. The molecule has 5 rings (SSSR count). The molecule has 0 bridgehead atoms. The van der Waals surface area contributed by atoms with Gasteiger partial charge in [0.2, 0.25) is 0 Å². The van der Waals surface area contributed by atoms with E-state index in [4.69, 9.17) is 10.7 Å². The number of fused-ring (bicyclic) bond motifs is 1. The zero-order valence-electron chi connectivity index (χ0n) is 18.4. The highest BCUT2D eigenvalue weighted by atomic mass is 32.1. The smallest absolute Gasteiger partial charge is 0.274 e. The molecule has 7 heteroatoms. The van der Waals surface area contributed by atoms with E-state index < -0.39 is 0 Å². The van der Waals surface area contributed by atoms with Gasteiger partial charge in [0.05, 0.1) is 15.9 Å². The molecule has 164 valence electrons. The Morgan fingerprint density at radius 3 is 2.75 bits per heavy atom.